The van der Waals surface area contributed by atoms with E-state index in [1.54, 1.807) is 0 Å². The first-order valence-corrected chi connectivity index (χ1v) is 8.66. The largest absolute Gasteiger partial charge is 0.333 e. The van der Waals surface area contributed by atoms with E-state index in [0.717, 1.165) is 10.0 Å². The van der Waals surface area contributed by atoms with Crippen molar-refractivity contribution in [1.82, 2.24) is 10.1 Å². The summed E-state index contributed by atoms with van der Waals surface area (Å²) in [6, 6.07) is 16.8. The van der Waals surface area contributed by atoms with E-state index in [4.69, 9.17) is 4.52 Å². The van der Waals surface area contributed by atoms with Crippen LogP contribution in [-0.2, 0) is 0 Å². The van der Waals surface area contributed by atoms with Gasteiger partial charge in [0.1, 0.15) is 0 Å². The zero-order valence-electron chi connectivity index (χ0n) is 12.3. The molecule has 1 aromatic heterocycles. The number of hydrogen-bond donors (Lipinski definition) is 0. The number of rotatable bonds is 5. The molecular weight excluding hydrogens is 376 g/mol. The Labute approximate surface area is 146 Å². The molecule has 0 spiro atoms. The van der Waals surface area contributed by atoms with Gasteiger partial charge in [-0.2, -0.15) is 4.98 Å². The summed E-state index contributed by atoms with van der Waals surface area (Å²) in [5.74, 6) is 0.484. The van der Waals surface area contributed by atoms with Gasteiger partial charge in [-0.05, 0) is 30.3 Å². The fraction of sp³-hybridized carbons (Fsp3) is 0.118. The molecule has 4 nitrogen and oxygen atoms in total. The first-order chi connectivity index (χ1) is 11.1. The third-order valence-electron chi connectivity index (χ3n) is 3.19. The van der Waals surface area contributed by atoms with Crippen molar-refractivity contribution in [1.29, 1.82) is 0 Å². The van der Waals surface area contributed by atoms with Crippen LogP contribution >= 0.6 is 27.7 Å². The van der Waals surface area contributed by atoms with Crippen LogP contribution in [0.1, 0.15) is 17.3 Å². The second kappa shape index (κ2) is 7.10. The van der Waals surface area contributed by atoms with Gasteiger partial charge in [0, 0.05) is 15.6 Å². The van der Waals surface area contributed by atoms with Crippen LogP contribution in [0.15, 0.2) is 68.7 Å². The number of ketones is 1. The minimum absolute atomic E-state index is 0.0457. The average molecular weight is 389 g/mol. The Hall–Kier alpha value is -1.92. The molecule has 23 heavy (non-hydrogen) atoms. The molecule has 1 atom stereocenters. The van der Waals surface area contributed by atoms with E-state index >= 15 is 0 Å². The molecule has 0 radical (unpaired) electrons. The third-order valence-corrected chi connectivity index (χ3v) is 4.63. The van der Waals surface area contributed by atoms with Crippen molar-refractivity contribution < 1.29 is 9.32 Å². The van der Waals surface area contributed by atoms with Crippen molar-refractivity contribution in [2.24, 2.45) is 0 Å². The highest BCUT2D eigenvalue weighted by Crippen LogP contribution is 2.27. The van der Waals surface area contributed by atoms with Crippen molar-refractivity contribution >= 4 is 33.5 Å². The molecule has 0 aliphatic heterocycles. The quantitative estimate of drug-likeness (QED) is 0.461. The fourth-order valence-corrected chi connectivity index (χ4v) is 3.22. The highest BCUT2D eigenvalue weighted by molar-refractivity contribution is 9.10. The van der Waals surface area contributed by atoms with Crippen LogP contribution in [0.2, 0.25) is 0 Å². The van der Waals surface area contributed by atoms with Crippen molar-refractivity contribution in [2.75, 3.05) is 0 Å². The van der Waals surface area contributed by atoms with Gasteiger partial charge in [-0.3, -0.25) is 4.79 Å². The molecule has 3 rings (SSSR count). The van der Waals surface area contributed by atoms with Crippen molar-refractivity contribution in [2.45, 2.75) is 17.3 Å². The van der Waals surface area contributed by atoms with Crippen LogP contribution in [0.25, 0.3) is 11.5 Å². The van der Waals surface area contributed by atoms with Gasteiger partial charge in [-0.15, -0.1) is 0 Å². The smallest absolute Gasteiger partial charge is 0.258 e. The van der Waals surface area contributed by atoms with E-state index in [-0.39, 0.29) is 11.0 Å². The molecule has 0 aliphatic rings. The standard InChI is InChI=1S/C17H13BrN2O2S/c1-11(15(21)12-6-3-2-4-7-12)23-17-19-16(22-20-17)13-8-5-9-14(18)10-13/h2-11H,1H3/t11-/m1/s1. The minimum atomic E-state index is -0.287. The van der Waals surface area contributed by atoms with Crippen molar-refractivity contribution in [3.8, 4) is 11.5 Å². The Morgan fingerprint density at radius 1 is 1.17 bits per heavy atom. The van der Waals surface area contributed by atoms with Crippen LogP contribution in [0.3, 0.4) is 0 Å². The van der Waals surface area contributed by atoms with Gasteiger partial charge in [-0.25, -0.2) is 0 Å². The maximum absolute atomic E-state index is 12.4. The van der Waals surface area contributed by atoms with Gasteiger partial charge >= 0.3 is 0 Å². The van der Waals surface area contributed by atoms with Gasteiger partial charge in [0.05, 0.1) is 5.25 Å². The zero-order chi connectivity index (χ0) is 16.2. The Morgan fingerprint density at radius 3 is 2.70 bits per heavy atom. The summed E-state index contributed by atoms with van der Waals surface area (Å²) >= 11 is 4.70. The summed E-state index contributed by atoms with van der Waals surface area (Å²) in [4.78, 5) is 16.7. The Morgan fingerprint density at radius 2 is 1.96 bits per heavy atom. The molecule has 0 fully saturated rings. The van der Waals surface area contributed by atoms with Crippen LogP contribution in [0.4, 0.5) is 0 Å². The number of thioether (sulfide) groups is 1. The first-order valence-electron chi connectivity index (χ1n) is 6.99. The number of Topliss-reactive ketones (excluding diaryl/α,β-unsaturated/α-hetero) is 1. The maximum Gasteiger partial charge on any atom is 0.258 e. The minimum Gasteiger partial charge on any atom is -0.333 e. The molecule has 1 heterocycles. The van der Waals surface area contributed by atoms with Crippen LogP contribution in [-0.4, -0.2) is 21.2 Å². The van der Waals surface area contributed by atoms with E-state index in [1.807, 2.05) is 61.5 Å². The molecule has 116 valence electrons. The van der Waals surface area contributed by atoms with E-state index in [0.29, 0.717) is 16.6 Å². The second-order valence-corrected chi connectivity index (χ2v) is 7.11. The lowest BCUT2D eigenvalue weighted by molar-refractivity contribution is 0.0994. The number of carbonyl (C=O) groups is 1. The zero-order valence-corrected chi connectivity index (χ0v) is 14.7. The van der Waals surface area contributed by atoms with E-state index < -0.39 is 0 Å². The molecular formula is C17H13BrN2O2S. The lowest BCUT2D eigenvalue weighted by Crippen LogP contribution is -2.13. The predicted molar refractivity (Wildman–Crippen MR) is 93.5 cm³/mol. The van der Waals surface area contributed by atoms with Gasteiger partial charge in [-0.1, -0.05) is 64.1 Å². The molecule has 0 saturated heterocycles. The highest BCUT2D eigenvalue weighted by Gasteiger charge is 2.19. The first kappa shape index (κ1) is 16.0. The number of carbonyl (C=O) groups excluding carboxylic acids is 1. The van der Waals surface area contributed by atoms with E-state index in [1.165, 1.54) is 11.8 Å². The summed E-state index contributed by atoms with van der Waals surface area (Å²) in [5.41, 5.74) is 1.52. The predicted octanol–water partition coefficient (Wildman–Crippen LogP) is 4.86. The second-order valence-electron chi connectivity index (χ2n) is 4.88. The molecule has 3 aromatic rings. The van der Waals surface area contributed by atoms with Gasteiger partial charge in [0.25, 0.3) is 5.89 Å². The monoisotopic (exact) mass is 388 g/mol. The molecule has 6 heteroatoms. The summed E-state index contributed by atoms with van der Waals surface area (Å²) in [6.45, 7) is 1.84. The molecule has 0 amide bonds. The molecule has 0 saturated carbocycles. The number of halogens is 1. The van der Waals surface area contributed by atoms with E-state index in [9.17, 15) is 4.79 Å². The fourth-order valence-electron chi connectivity index (χ4n) is 2.05. The number of hydrogen-bond acceptors (Lipinski definition) is 5. The number of aromatic nitrogens is 2. The summed E-state index contributed by atoms with van der Waals surface area (Å²) < 4.78 is 6.22. The Balaban J connectivity index is 1.73. The average Bonchev–Trinajstić information content (AvgIpc) is 3.03. The number of benzene rings is 2. The van der Waals surface area contributed by atoms with Gasteiger partial charge in [0.15, 0.2) is 5.78 Å². The molecule has 0 N–H and O–H groups in total. The lowest BCUT2D eigenvalue weighted by atomic mass is 10.1. The number of nitrogens with zero attached hydrogens (tertiary/aromatic N) is 2. The Bertz CT molecular complexity index is 820. The topological polar surface area (TPSA) is 56.0 Å². The molecule has 0 aliphatic carbocycles. The van der Waals surface area contributed by atoms with Crippen LogP contribution in [0.5, 0.6) is 0 Å². The molecule has 0 unspecified atom stereocenters. The SMILES string of the molecule is C[C@@H](Sc1noc(-c2cccc(Br)c2)n1)C(=O)c1ccccc1. The third kappa shape index (κ3) is 3.89. The van der Waals surface area contributed by atoms with Gasteiger partial charge in [0.2, 0.25) is 5.16 Å². The summed E-state index contributed by atoms with van der Waals surface area (Å²) in [6.07, 6.45) is 0. The maximum atomic E-state index is 12.4. The lowest BCUT2D eigenvalue weighted by Gasteiger charge is -2.06. The normalized spacial score (nSPS) is 12.1. The Kier molecular flexibility index (Phi) is 4.93. The van der Waals surface area contributed by atoms with Gasteiger partial charge < -0.3 is 4.52 Å². The van der Waals surface area contributed by atoms with E-state index in [2.05, 4.69) is 26.1 Å². The van der Waals surface area contributed by atoms with Crippen molar-refractivity contribution in [3.63, 3.8) is 0 Å². The van der Waals surface area contributed by atoms with Crippen LogP contribution in [0, 0.1) is 0 Å². The summed E-state index contributed by atoms with van der Waals surface area (Å²) in [5, 5.41) is 4.12. The van der Waals surface area contributed by atoms with Crippen LogP contribution < -0.4 is 0 Å². The highest BCUT2D eigenvalue weighted by atomic mass is 79.9. The van der Waals surface area contributed by atoms with Crippen molar-refractivity contribution in [3.05, 3.63) is 64.6 Å². The molecule has 0 bridgehead atoms. The summed E-state index contributed by atoms with van der Waals surface area (Å²) in [7, 11) is 0. The molecule has 2 aromatic carbocycles.